The highest BCUT2D eigenvalue weighted by Gasteiger charge is 2.21. The van der Waals surface area contributed by atoms with E-state index in [9.17, 15) is 9.90 Å². The van der Waals surface area contributed by atoms with Crippen molar-refractivity contribution in [2.24, 2.45) is 5.92 Å². The zero-order valence-electron chi connectivity index (χ0n) is 18.0. The molecule has 3 heterocycles. The Labute approximate surface area is 187 Å². The van der Waals surface area contributed by atoms with Gasteiger partial charge in [-0.15, -0.1) is 0 Å². The number of anilines is 4. The number of benzene rings is 1. The number of aliphatic hydroxyl groups is 1. The van der Waals surface area contributed by atoms with Gasteiger partial charge in [0.05, 0.1) is 5.56 Å². The Hall–Kier alpha value is -3.59. The molecule has 0 unspecified atom stereocenters. The van der Waals surface area contributed by atoms with Gasteiger partial charge in [0, 0.05) is 38.0 Å². The van der Waals surface area contributed by atoms with Gasteiger partial charge in [0.25, 0.3) is 5.91 Å². The highest BCUT2D eigenvalue weighted by molar-refractivity contribution is 6.04. The lowest BCUT2D eigenvalue weighted by Gasteiger charge is -2.31. The minimum Gasteiger partial charge on any atom is -0.396 e. The highest BCUT2D eigenvalue weighted by atomic mass is 16.3. The van der Waals surface area contributed by atoms with Crippen molar-refractivity contribution in [2.75, 3.05) is 35.2 Å². The van der Waals surface area contributed by atoms with E-state index in [-0.39, 0.29) is 12.5 Å². The van der Waals surface area contributed by atoms with E-state index in [2.05, 4.69) is 35.5 Å². The maximum absolute atomic E-state index is 12.4. The Bertz CT molecular complexity index is 1040. The molecule has 0 aliphatic carbocycles. The minimum atomic E-state index is -0.225. The van der Waals surface area contributed by atoms with Crippen molar-refractivity contribution in [1.29, 1.82) is 0 Å². The van der Waals surface area contributed by atoms with Crippen LogP contribution in [0.25, 0.3) is 0 Å². The molecule has 1 aromatic carbocycles. The molecular weight excluding hydrogens is 406 g/mol. The minimum absolute atomic E-state index is 0.225. The van der Waals surface area contributed by atoms with Crippen molar-refractivity contribution in [3.8, 4) is 0 Å². The molecule has 0 atom stereocenters. The van der Waals surface area contributed by atoms with Crippen molar-refractivity contribution in [3.05, 3.63) is 60.0 Å². The quantitative estimate of drug-likeness (QED) is 0.521. The Balaban J connectivity index is 1.44. The molecule has 0 radical (unpaired) electrons. The third-order valence-electron chi connectivity index (χ3n) is 5.44. The molecule has 0 bridgehead atoms. The van der Waals surface area contributed by atoms with Crippen LogP contribution < -0.4 is 15.5 Å². The van der Waals surface area contributed by atoms with Crippen LogP contribution in [0.15, 0.2) is 48.7 Å². The average Bonchev–Trinajstić information content (AvgIpc) is 2.85. The topological polar surface area (TPSA) is 116 Å². The first kappa shape index (κ1) is 21.6. The van der Waals surface area contributed by atoms with Gasteiger partial charge in [-0.25, -0.2) is 4.98 Å². The van der Waals surface area contributed by atoms with Crippen LogP contribution in [0.3, 0.4) is 0 Å². The number of amides is 1. The molecule has 1 aliphatic rings. The van der Waals surface area contributed by atoms with Crippen LogP contribution in [0.1, 0.15) is 35.9 Å². The lowest BCUT2D eigenvalue weighted by atomic mass is 9.98. The predicted octanol–water partition coefficient (Wildman–Crippen LogP) is 3.03. The van der Waals surface area contributed by atoms with E-state index in [0.717, 1.165) is 31.6 Å². The molecule has 9 heteroatoms. The first-order valence-corrected chi connectivity index (χ1v) is 10.8. The van der Waals surface area contributed by atoms with Gasteiger partial charge in [-0.1, -0.05) is 25.1 Å². The van der Waals surface area contributed by atoms with Gasteiger partial charge in [-0.3, -0.25) is 4.79 Å². The van der Waals surface area contributed by atoms with E-state index in [4.69, 9.17) is 0 Å². The van der Waals surface area contributed by atoms with Gasteiger partial charge in [-0.05, 0) is 43.0 Å². The monoisotopic (exact) mass is 433 g/mol. The van der Waals surface area contributed by atoms with Crippen molar-refractivity contribution in [1.82, 2.24) is 19.9 Å². The number of aryl methyl sites for hydroxylation is 1. The van der Waals surface area contributed by atoms with E-state index in [0.29, 0.717) is 41.4 Å². The van der Waals surface area contributed by atoms with Crippen LogP contribution >= 0.6 is 0 Å². The Morgan fingerprint density at radius 1 is 1.09 bits per heavy atom. The zero-order chi connectivity index (χ0) is 22.3. The SMILES string of the molecule is CCc1nc(Nc2ccc(C(=O)Nc3ccccc3)cn2)nc(N2CCC(CO)CC2)n1. The largest absolute Gasteiger partial charge is 0.396 e. The maximum atomic E-state index is 12.4. The molecule has 166 valence electrons. The molecular formula is C23H27N7O2. The smallest absolute Gasteiger partial charge is 0.257 e. The number of pyridine rings is 1. The van der Waals surface area contributed by atoms with Crippen LogP contribution in [0.4, 0.5) is 23.4 Å². The summed E-state index contributed by atoms with van der Waals surface area (Å²) < 4.78 is 0. The summed E-state index contributed by atoms with van der Waals surface area (Å²) in [6.45, 7) is 3.84. The fourth-order valence-electron chi connectivity index (χ4n) is 3.52. The zero-order valence-corrected chi connectivity index (χ0v) is 18.0. The molecule has 3 N–H and O–H groups in total. The average molecular weight is 434 g/mol. The molecule has 32 heavy (non-hydrogen) atoms. The summed E-state index contributed by atoms with van der Waals surface area (Å²) in [6, 6.07) is 12.7. The van der Waals surface area contributed by atoms with Gasteiger partial charge >= 0.3 is 0 Å². The van der Waals surface area contributed by atoms with Gasteiger partial charge in [0.1, 0.15) is 11.6 Å². The van der Waals surface area contributed by atoms with E-state index in [1.807, 2.05) is 37.3 Å². The number of aliphatic hydroxyl groups excluding tert-OH is 1. The molecule has 3 aromatic rings. The molecule has 1 amide bonds. The van der Waals surface area contributed by atoms with E-state index in [1.54, 1.807) is 12.1 Å². The van der Waals surface area contributed by atoms with Gasteiger partial charge < -0.3 is 20.6 Å². The van der Waals surface area contributed by atoms with Crippen molar-refractivity contribution in [2.45, 2.75) is 26.2 Å². The number of nitrogens with one attached hydrogen (secondary N) is 2. The van der Waals surface area contributed by atoms with Crippen molar-refractivity contribution in [3.63, 3.8) is 0 Å². The van der Waals surface area contributed by atoms with E-state index in [1.165, 1.54) is 6.20 Å². The third-order valence-corrected chi connectivity index (χ3v) is 5.44. The maximum Gasteiger partial charge on any atom is 0.257 e. The Morgan fingerprint density at radius 2 is 1.88 bits per heavy atom. The van der Waals surface area contributed by atoms with Gasteiger partial charge in [0.2, 0.25) is 11.9 Å². The summed E-state index contributed by atoms with van der Waals surface area (Å²) in [4.78, 5) is 32.5. The molecule has 0 saturated carbocycles. The summed E-state index contributed by atoms with van der Waals surface area (Å²) in [5.74, 6) is 2.41. The molecule has 0 spiro atoms. The highest BCUT2D eigenvalue weighted by Crippen LogP contribution is 2.22. The number of carbonyl (C=O) groups excluding carboxylic acids is 1. The normalized spacial score (nSPS) is 14.2. The molecule has 2 aromatic heterocycles. The number of nitrogens with zero attached hydrogens (tertiary/aromatic N) is 5. The molecule has 1 aliphatic heterocycles. The molecule has 4 rings (SSSR count). The van der Waals surface area contributed by atoms with Crippen LogP contribution in [0, 0.1) is 5.92 Å². The van der Waals surface area contributed by atoms with E-state index < -0.39 is 0 Å². The van der Waals surface area contributed by atoms with Gasteiger partial charge in [0.15, 0.2) is 0 Å². The second-order valence-corrected chi connectivity index (χ2v) is 7.72. The first-order chi connectivity index (χ1) is 15.6. The third kappa shape index (κ3) is 5.36. The molecule has 1 fully saturated rings. The molecule has 1 saturated heterocycles. The lowest BCUT2D eigenvalue weighted by molar-refractivity contribution is 0.102. The Kier molecular flexibility index (Phi) is 6.86. The summed E-state index contributed by atoms with van der Waals surface area (Å²) in [7, 11) is 0. The number of hydrogen-bond acceptors (Lipinski definition) is 8. The first-order valence-electron chi connectivity index (χ1n) is 10.8. The molecule has 9 nitrogen and oxygen atoms in total. The number of para-hydroxylation sites is 1. The Morgan fingerprint density at radius 3 is 2.53 bits per heavy atom. The summed E-state index contributed by atoms with van der Waals surface area (Å²) in [6.07, 6.45) is 4.04. The second kappa shape index (κ2) is 10.1. The van der Waals surface area contributed by atoms with Crippen molar-refractivity contribution < 1.29 is 9.90 Å². The fourth-order valence-corrected chi connectivity index (χ4v) is 3.52. The summed E-state index contributed by atoms with van der Waals surface area (Å²) in [5, 5.41) is 15.3. The number of carbonyl (C=O) groups is 1. The predicted molar refractivity (Wildman–Crippen MR) is 123 cm³/mol. The summed E-state index contributed by atoms with van der Waals surface area (Å²) in [5.41, 5.74) is 1.18. The van der Waals surface area contributed by atoms with Crippen LogP contribution in [0.2, 0.25) is 0 Å². The van der Waals surface area contributed by atoms with Crippen LogP contribution in [-0.4, -0.2) is 50.6 Å². The second-order valence-electron chi connectivity index (χ2n) is 7.72. The number of piperidine rings is 1. The summed E-state index contributed by atoms with van der Waals surface area (Å²) >= 11 is 0. The van der Waals surface area contributed by atoms with Gasteiger partial charge in [-0.2, -0.15) is 15.0 Å². The van der Waals surface area contributed by atoms with Crippen LogP contribution in [0.5, 0.6) is 0 Å². The number of aromatic nitrogens is 4. The lowest BCUT2D eigenvalue weighted by Crippen LogP contribution is -2.36. The number of hydrogen-bond donors (Lipinski definition) is 3. The fraction of sp³-hybridized carbons (Fsp3) is 0.348. The standard InChI is InChI=1S/C23H27N7O2/c1-2-19-26-22(29-23(28-19)30-12-10-16(15-31)11-13-30)27-20-9-8-17(14-24-20)21(32)25-18-6-4-3-5-7-18/h3-9,14,16,31H,2,10-13,15H2,1H3,(H,25,32)(H,24,26,27,28,29). The van der Waals surface area contributed by atoms with Crippen molar-refractivity contribution >= 4 is 29.3 Å². The van der Waals surface area contributed by atoms with E-state index >= 15 is 0 Å². The number of rotatable bonds is 7. The van der Waals surface area contributed by atoms with Crippen LogP contribution in [-0.2, 0) is 6.42 Å².